The quantitative estimate of drug-likeness (QED) is 0.640. The molecule has 0 aromatic carbocycles. The van der Waals surface area contributed by atoms with Crippen LogP contribution in [0, 0.1) is 0 Å². The molecule has 4 heteroatoms. The molecule has 0 spiro atoms. The number of aryl methyl sites for hydroxylation is 1. The Morgan fingerprint density at radius 1 is 1.83 bits per heavy atom. The van der Waals surface area contributed by atoms with Gasteiger partial charge in [-0.15, -0.1) is 0 Å². The fourth-order valence-electron chi connectivity index (χ4n) is 1.59. The van der Waals surface area contributed by atoms with Crippen LogP contribution >= 0.6 is 0 Å². The minimum absolute atomic E-state index is 0.00921. The molecule has 2 heterocycles. The summed E-state index contributed by atoms with van der Waals surface area (Å²) in [5.74, 6) is 0. The first-order valence-electron chi connectivity index (χ1n) is 4.15. The van der Waals surface area contributed by atoms with Crippen LogP contribution in [0.5, 0.6) is 0 Å². The molecule has 0 unspecified atom stereocenters. The molecule has 2 rings (SSSR count). The number of nitrogens with two attached hydrogens (primary N) is 1. The van der Waals surface area contributed by atoms with Crippen molar-refractivity contribution in [2.45, 2.75) is 12.5 Å². The molecule has 0 radical (unpaired) electrons. The molecule has 0 fully saturated rings. The van der Waals surface area contributed by atoms with Crippen LogP contribution < -0.4 is 5.73 Å². The van der Waals surface area contributed by atoms with E-state index < -0.39 is 0 Å². The first-order valence-corrected chi connectivity index (χ1v) is 4.15. The van der Waals surface area contributed by atoms with Crippen LogP contribution in [-0.2, 0) is 18.2 Å². The summed E-state index contributed by atoms with van der Waals surface area (Å²) < 4.78 is 7.29. The van der Waals surface area contributed by atoms with Gasteiger partial charge in [-0.3, -0.25) is 4.68 Å². The lowest BCUT2D eigenvalue weighted by Gasteiger charge is -2.19. The SMILES string of the molecule is Cn1cc2c(n1)[C@@H](CN)OCC2. The summed E-state index contributed by atoms with van der Waals surface area (Å²) in [7, 11) is 1.92. The van der Waals surface area contributed by atoms with Crippen LogP contribution in [0.3, 0.4) is 0 Å². The molecule has 1 aliphatic rings. The normalized spacial score (nSPS) is 22.3. The van der Waals surface area contributed by atoms with E-state index in [9.17, 15) is 0 Å². The van der Waals surface area contributed by atoms with E-state index in [1.165, 1.54) is 5.56 Å². The van der Waals surface area contributed by atoms with Crippen molar-refractivity contribution in [3.05, 3.63) is 17.5 Å². The van der Waals surface area contributed by atoms with Crippen molar-refractivity contribution in [3.8, 4) is 0 Å². The number of hydrogen-bond donors (Lipinski definition) is 1. The van der Waals surface area contributed by atoms with Crippen molar-refractivity contribution in [2.75, 3.05) is 13.2 Å². The average molecular weight is 167 g/mol. The summed E-state index contributed by atoms with van der Waals surface area (Å²) in [5.41, 5.74) is 7.85. The molecule has 0 aliphatic carbocycles. The van der Waals surface area contributed by atoms with Gasteiger partial charge in [0.05, 0.1) is 12.3 Å². The van der Waals surface area contributed by atoms with Gasteiger partial charge in [0.2, 0.25) is 0 Å². The van der Waals surface area contributed by atoms with Gasteiger partial charge >= 0.3 is 0 Å². The lowest BCUT2D eigenvalue weighted by molar-refractivity contribution is 0.0455. The molecule has 0 bridgehead atoms. The predicted octanol–water partition coefficient (Wildman–Crippen LogP) is -0.00740. The van der Waals surface area contributed by atoms with E-state index in [2.05, 4.69) is 5.10 Å². The lowest BCUT2D eigenvalue weighted by Crippen LogP contribution is -2.22. The number of fused-ring (bicyclic) bond motifs is 1. The fraction of sp³-hybridized carbons (Fsp3) is 0.625. The Labute approximate surface area is 71.3 Å². The maximum Gasteiger partial charge on any atom is 0.114 e. The molecule has 66 valence electrons. The van der Waals surface area contributed by atoms with Gasteiger partial charge in [-0.2, -0.15) is 5.10 Å². The third kappa shape index (κ3) is 1.13. The third-order valence-corrected chi connectivity index (χ3v) is 2.15. The summed E-state index contributed by atoms with van der Waals surface area (Å²) in [4.78, 5) is 0. The number of rotatable bonds is 1. The van der Waals surface area contributed by atoms with E-state index in [1.54, 1.807) is 0 Å². The smallest absolute Gasteiger partial charge is 0.114 e. The molecule has 2 N–H and O–H groups in total. The summed E-state index contributed by atoms with van der Waals surface area (Å²) in [6, 6.07) is 0. The Balaban J connectivity index is 2.36. The van der Waals surface area contributed by atoms with Crippen molar-refractivity contribution in [1.29, 1.82) is 0 Å². The molecule has 0 amide bonds. The van der Waals surface area contributed by atoms with Gasteiger partial charge in [-0.25, -0.2) is 0 Å². The van der Waals surface area contributed by atoms with Crippen molar-refractivity contribution in [2.24, 2.45) is 12.8 Å². The standard InChI is InChI=1S/C8H13N3O/c1-11-5-6-2-3-12-7(4-9)8(6)10-11/h5,7H,2-4,9H2,1H3/t7-/m1/s1. The summed E-state index contributed by atoms with van der Waals surface area (Å²) in [6.07, 6.45) is 3.01. The Morgan fingerprint density at radius 3 is 3.42 bits per heavy atom. The first-order chi connectivity index (χ1) is 5.81. The summed E-state index contributed by atoms with van der Waals surface area (Å²) in [6.45, 7) is 1.28. The molecular weight excluding hydrogens is 154 g/mol. The van der Waals surface area contributed by atoms with Crippen LogP contribution in [0.25, 0.3) is 0 Å². The molecule has 12 heavy (non-hydrogen) atoms. The highest BCUT2D eigenvalue weighted by molar-refractivity contribution is 5.21. The van der Waals surface area contributed by atoms with Gasteiger partial charge in [-0.05, 0) is 12.0 Å². The van der Waals surface area contributed by atoms with Crippen molar-refractivity contribution in [3.63, 3.8) is 0 Å². The predicted molar refractivity (Wildman–Crippen MR) is 44.7 cm³/mol. The Morgan fingerprint density at radius 2 is 2.67 bits per heavy atom. The topological polar surface area (TPSA) is 53.1 Å². The van der Waals surface area contributed by atoms with Crippen LogP contribution in [0.15, 0.2) is 6.20 Å². The molecule has 1 atom stereocenters. The molecule has 0 saturated heterocycles. The zero-order valence-corrected chi connectivity index (χ0v) is 7.16. The van der Waals surface area contributed by atoms with Gasteiger partial charge in [0.15, 0.2) is 0 Å². The maximum atomic E-state index is 5.55. The molecule has 4 nitrogen and oxygen atoms in total. The summed E-state index contributed by atoms with van der Waals surface area (Å²) >= 11 is 0. The highest BCUT2D eigenvalue weighted by Crippen LogP contribution is 2.23. The molecule has 1 aromatic heterocycles. The van der Waals surface area contributed by atoms with Crippen molar-refractivity contribution >= 4 is 0 Å². The number of hydrogen-bond acceptors (Lipinski definition) is 3. The first kappa shape index (κ1) is 7.76. The zero-order valence-electron chi connectivity index (χ0n) is 7.16. The Hall–Kier alpha value is -0.870. The Bertz CT molecular complexity index is 282. The maximum absolute atomic E-state index is 5.55. The van der Waals surface area contributed by atoms with Crippen LogP contribution in [0.4, 0.5) is 0 Å². The van der Waals surface area contributed by atoms with Crippen LogP contribution in [-0.4, -0.2) is 22.9 Å². The van der Waals surface area contributed by atoms with Gasteiger partial charge in [0.25, 0.3) is 0 Å². The van der Waals surface area contributed by atoms with E-state index in [-0.39, 0.29) is 6.10 Å². The monoisotopic (exact) mass is 167 g/mol. The van der Waals surface area contributed by atoms with Gasteiger partial charge in [0, 0.05) is 19.8 Å². The van der Waals surface area contributed by atoms with Crippen LogP contribution in [0.2, 0.25) is 0 Å². The second-order valence-corrected chi connectivity index (χ2v) is 3.06. The average Bonchev–Trinajstić information content (AvgIpc) is 2.44. The van der Waals surface area contributed by atoms with E-state index in [4.69, 9.17) is 10.5 Å². The van der Waals surface area contributed by atoms with Crippen molar-refractivity contribution in [1.82, 2.24) is 9.78 Å². The Kier molecular flexibility index (Phi) is 1.86. The van der Waals surface area contributed by atoms with E-state index in [1.807, 2.05) is 17.9 Å². The second-order valence-electron chi connectivity index (χ2n) is 3.06. The van der Waals surface area contributed by atoms with Gasteiger partial charge in [0.1, 0.15) is 6.10 Å². The second kappa shape index (κ2) is 2.88. The van der Waals surface area contributed by atoms with E-state index >= 15 is 0 Å². The van der Waals surface area contributed by atoms with Crippen LogP contribution in [0.1, 0.15) is 17.4 Å². The van der Waals surface area contributed by atoms with Crippen molar-refractivity contribution < 1.29 is 4.74 Å². The molecular formula is C8H13N3O. The van der Waals surface area contributed by atoms with Gasteiger partial charge < -0.3 is 10.5 Å². The largest absolute Gasteiger partial charge is 0.370 e. The van der Waals surface area contributed by atoms with E-state index in [0.717, 1.165) is 18.7 Å². The van der Waals surface area contributed by atoms with Gasteiger partial charge in [-0.1, -0.05) is 0 Å². The molecule has 1 aromatic rings. The summed E-state index contributed by atoms with van der Waals surface area (Å²) in [5, 5.41) is 4.32. The number of nitrogens with zero attached hydrogens (tertiary/aromatic N) is 2. The lowest BCUT2D eigenvalue weighted by atomic mass is 10.1. The highest BCUT2D eigenvalue weighted by atomic mass is 16.5. The minimum atomic E-state index is 0.00921. The fourth-order valence-corrected chi connectivity index (χ4v) is 1.59. The third-order valence-electron chi connectivity index (χ3n) is 2.15. The number of aromatic nitrogens is 2. The molecule has 0 saturated carbocycles. The molecule has 1 aliphatic heterocycles. The minimum Gasteiger partial charge on any atom is -0.370 e. The highest BCUT2D eigenvalue weighted by Gasteiger charge is 2.22. The zero-order chi connectivity index (χ0) is 8.55. The van der Waals surface area contributed by atoms with E-state index in [0.29, 0.717) is 6.54 Å². The number of ether oxygens (including phenoxy) is 1.